The van der Waals surface area contributed by atoms with Gasteiger partial charge in [-0.05, 0) is 44.0 Å². The van der Waals surface area contributed by atoms with E-state index < -0.39 is 29.2 Å². The van der Waals surface area contributed by atoms with Gasteiger partial charge in [0.1, 0.15) is 5.71 Å². The monoisotopic (exact) mass is 371 g/mol. The van der Waals surface area contributed by atoms with Crippen LogP contribution >= 0.6 is 0 Å². The van der Waals surface area contributed by atoms with E-state index >= 15 is 0 Å². The van der Waals surface area contributed by atoms with Crippen LogP contribution in [0.4, 0.5) is 5.69 Å². The van der Waals surface area contributed by atoms with Gasteiger partial charge in [0.05, 0.1) is 18.7 Å². The topological polar surface area (TPSA) is 96.3 Å². The van der Waals surface area contributed by atoms with Crippen molar-refractivity contribution in [3.63, 3.8) is 0 Å². The predicted octanol–water partition coefficient (Wildman–Crippen LogP) is 1.48. The first-order valence-corrected chi connectivity index (χ1v) is 8.71. The molecule has 1 aromatic rings. The van der Waals surface area contributed by atoms with Gasteiger partial charge >= 0.3 is 5.97 Å². The third-order valence-electron chi connectivity index (χ3n) is 4.94. The van der Waals surface area contributed by atoms with Gasteiger partial charge in [-0.3, -0.25) is 14.4 Å². The molecule has 142 valence electrons. The Morgan fingerprint density at radius 3 is 2.48 bits per heavy atom. The molecule has 1 atom stereocenters. The first-order valence-electron chi connectivity index (χ1n) is 8.71. The Labute approximate surface area is 156 Å². The number of esters is 1. The lowest BCUT2D eigenvalue weighted by Gasteiger charge is -2.29. The summed E-state index contributed by atoms with van der Waals surface area (Å²) in [7, 11) is 0. The van der Waals surface area contributed by atoms with Gasteiger partial charge in [0.2, 0.25) is 11.8 Å². The van der Waals surface area contributed by atoms with Crippen LogP contribution < -0.4 is 4.90 Å². The molecule has 0 N–H and O–H groups in total. The standard InChI is InChI=1S/C19H21N3O5/c1-5-27-17(25)15-9-19(22(20-15)13(4)23)10-16(24)21(18(19)26)14-7-6-11(2)12(3)8-14/h6-8H,5,9-10H2,1-4H3/t19-/m0/s1. The first kappa shape index (κ1) is 18.8. The number of hydrazone groups is 1. The number of carbonyl (C=O) groups excluding carboxylic acids is 4. The molecular weight excluding hydrogens is 350 g/mol. The van der Waals surface area contributed by atoms with E-state index in [1.807, 2.05) is 19.9 Å². The van der Waals surface area contributed by atoms with Crippen LogP contribution in [0.25, 0.3) is 0 Å². The predicted molar refractivity (Wildman–Crippen MR) is 97.0 cm³/mol. The van der Waals surface area contributed by atoms with Crippen molar-refractivity contribution in [3.8, 4) is 0 Å². The molecule has 27 heavy (non-hydrogen) atoms. The van der Waals surface area contributed by atoms with Crippen LogP contribution in [0.2, 0.25) is 0 Å². The third-order valence-corrected chi connectivity index (χ3v) is 4.94. The van der Waals surface area contributed by atoms with Gasteiger partial charge < -0.3 is 4.74 Å². The summed E-state index contributed by atoms with van der Waals surface area (Å²) in [6, 6.07) is 5.27. The molecule has 8 heteroatoms. The second-order valence-electron chi connectivity index (χ2n) is 6.79. The van der Waals surface area contributed by atoms with Gasteiger partial charge in [-0.25, -0.2) is 14.7 Å². The van der Waals surface area contributed by atoms with E-state index in [0.29, 0.717) is 5.69 Å². The first-order chi connectivity index (χ1) is 12.7. The normalized spacial score (nSPS) is 21.9. The Morgan fingerprint density at radius 1 is 1.19 bits per heavy atom. The highest BCUT2D eigenvalue weighted by Gasteiger charge is 2.61. The maximum atomic E-state index is 13.3. The fourth-order valence-electron chi connectivity index (χ4n) is 3.46. The van der Waals surface area contributed by atoms with Crippen molar-refractivity contribution in [2.24, 2.45) is 5.10 Å². The van der Waals surface area contributed by atoms with Gasteiger partial charge in [-0.2, -0.15) is 5.10 Å². The number of hydrogen-bond acceptors (Lipinski definition) is 6. The quantitative estimate of drug-likeness (QED) is 0.592. The SMILES string of the molecule is CCOC(=O)C1=NN(C(C)=O)[C@]2(CC(=O)N(c3ccc(C)c(C)c3)C2=O)C1. The van der Waals surface area contributed by atoms with E-state index in [4.69, 9.17) is 4.74 Å². The van der Waals surface area contributed by atoms with Crippen LogP contribution in [0.3, 0.4) is 0 Å². The smallest absolute Gasteiger partial charge is 0.354 e. The molecule has 0 aliphatic carbocycles. The minimum absolute atomic E-state index is 0.0323. The summed E-state index contributed by atoms with van der Waals surface area (Å²) in [5.74, 6) is -2.20. The number of carbonyl (C=O) groups is 4. The summed E-state index contributed by atoms with van der Waals surface area (Å²) in [6.07, 6.45) is -0.373. The molecule has 3 amide bonds. The van der Waals surface area contributed by atoms with Crippen LogP contribution in [0.5, 0.6) is 0 Å². The van der Waals surface area contributed by atoms with Crippen LogP contribution in [-0.4, -0.2) is 46.6 Å². The average molecular weight is 371 g/mol. The summed E-state index contributed by atoms with van der Waals surface area (Å²) in [5.41, 5.74) is 0.872. The zero-order chi connectivity index (χ0) is 19.9. The van der Waals surface area contributed by atoms with Gasteiger partial charge in [-0.1, -0.05) is 6.07 Å². The van der Waals surface area contributed by atoms with Crippen molar-refractivity contribution < 1.29 is 23.9 Å². The van der Waals surface area contributed by atoms with Crippen LogP contribution in [0.15, 0.2) is 23.3 Å². The van der Waals surface area contributed by atoms with E-state index in [1.54, 1.807) is 19.1 Å². The highest BCUT2D eigenvalue weighted by molar-refractivity contribution is 6.39. The van der Waals surface area contributed by atoms with Crippen molar-refractivity contribution in [2.75, 3.05) is 11.5 Å². The van der Waals surface area contributed by atoms with Gasteiger partial charge in [0, 0.05) is 13.3 Å². The minimum atomic E-state index is -1.51. The Hall–Kier alpha value is -3.03. The largest absolute Gasteiger partial charge is 0.461 e. The van der Waals surface area contributed by atoms with Crippen molar-refractivity contribution in [2.45, 2.75) is 46.1 Å². The third kappa shape index (κ3) is 2.90. The van der Waals surface area contributed by atoms with E-state index in [-0.39, 0.29) is 25.2 Å². The summed E-state index contributed by atoms with van der Waals surface area (Å²) >= 11 is 0. The molecule has 0 aromatic heterocycles. The second-order valence-corrected chi connectivity index (χ2v) is 6.79. The molecule has 2 heterocycles. The number of amides is 3. The molecule has 2 aliphatic heterocycles. The van der Waals surface area contributed by atoms with Crippen LogP contribution in [0.1, 0.15) is 37.8 Å². The number of anilines is 1. The molecule has 1 spiro atoms. The van der Waals surface area contributed by atoms with Crippen molar-refractivity contribution in [3.05, 3.63) is 29.3 Å². The summed E-state index contributed by atoms with van der Waals surface area (Å²) in [6.45, 7) is 6.86. The van der Waals surface area contributed by atoms with E-state index in [9.17, 15) is 19.2 Å². The molecule has 1 fully saturated rings. The number of aryl methyl sites for hydroxylation is 2. The molecule has 1 saturated heterocycles. The van der Waals surface area contributed by atoms with Gasteiger partial charge in [0.25, 0.3) is 5.91 Å². The maximum absolute atomic E-state index is 13.3. The van der Waals surface area contributed by atoms with E-state index in [1.165, 1.54) is 6.92 Å². The number of ether oxygens (including phenoxy) is 1. The molecule has 1 aromatic carbocycles. The van der Waals surface area contributed by atoms with Crippen molar-refractivity contribution in [1.29, 1.82) is 0 Å². The summed E-state index contributed by atoms with van der Waals surface area (Å²) in [5, 5.41) is 4.97. The van der Waals surface area contributed by atoms with Crippen LogP contribution in [-0.2, 0) is 23.9 Å². The summed E-state index contributed by atoms with van der Waals surface area (Å²) < 4.78 is 4.94. The lowest BCUT2D eigenvalue weighted by molar-refractivity contribution is -0.141. The molecule has 0 saturated carbocycles. The zero-order valence-electron chi connectivity index (χ0n) is 15.7. The fraction of sp³-hybridized carbons (Fsp3) is 0.421. The molecule has 0 radical (unpaired) electrons. The Morgan fingerprint density at radius 2 is 1.89 bits per heavy atom. The van der Waals surface area contributed by atoms with Crippen molar-refractivity contribution in [1.82, 2.24) is 5.01 Å². The average Bonchev–Trinajstić information content (AvgIpc) is 3.10. The van der Waals surface area contributed by atoms with E-state index in [2.05, 4.69) is 5.10 Å². The zero-order valence-corrected chi connectivity index (χ0v) is 15.7. The number of imide groups is 1. The van der Waals surface area contributed by atoms with Gasteiger partial charge in [-0.15, -0.1) is 0 Å². The molecule has 2 aliphatic rings. The Bertz CT molecular complexity index is 891. The molecule has 0 bridgehead atoms. The molecule has 0 unspecified atom stereocenters. The Balaban J connectivity index is 2.00. The summed E-state index contributed by atoms with van der Waals surface area (Å²) in [4.78, 5) is 51.2. The lowest BCUT2D eigenvalue weighted by atomic mass is 9.91. The van der Waals surface area contributed by atoms with Gasteiger partial charge in [0.15, 0.2) is 5.54 Å². The maximum Gasteiger partial charge on any atom is 0.354 e. The number of nitrogens with zero attached hydrogens (tertiary/aromatic N) is 3. The minimum Gasteiger partial charge on any atom is -0.461 e. The number of hydrogen-bond donors (Lipinski definition) is 0. The molecule has 3 rings (SSSR count). The molecular formula is C19H21N3O5. The highest BCUT2D eigenvalue weighted by atomic mass is 16.5. The Kier molecular flexibility index (Phi) is 4.59. The number of rotatable bonds is 3. The van der Waals surface area contributed by atoms with Crippen LogP contribution in [0, 0.1) is 13.8 Å². The molecule has 8 nitrogen and oxygen atoms in total. The highest BCUT2D eigenvalue weighted by Crippen LogP contribution is 2.40. The van der Waals surface area contributed by atoms with E-state index in [0.717, 1.165) is 21.0 Å². The number of benzene rings is 1. The second kappa shape index (κ2) is 6.61. The fourth-order valence-corrected chi connectivity index (χ4v) is 3.46. The van der Waals surface area contributed by atoms with Crippen molar-refractivity contribution >= 4 is 35.1 Å². The lowest BCUT2D eigenvalue weighted by Crippen LogP contribution is -2.51.